The maximum Gasteiger partial charge on any atom is 1.00 e. The van der Waals surface area contributed by atoms with Gasteiger partial charge in [0, 0.05) is 47.8 Å². The minimum absolute atomic E-state index is 0. The predicted molar refractivity (Wildman–Crippen MR) is 134 cm³/mol. The maximum absolute atomic E-state index is 13.1. The van der Waals surface area contributed by atoms with Crippen LogP contribution in [0.25, 0.3) is 11.5 Å². The van der Waals surface area contributed by atoms with E-state index in [1.807, 2.05) is 31.2 Å². The van der Waals surface area contributed by atoms with Crippen LogP contribution >= 0.6 is 11.6 Å². The van der Waals surface area contributed by atoms with Gasteiger partial charge in [-0.25, -0.2) is 0 Å². The predicted octanol–water partition coefficient (Wildman–Crippen LogP) is 2.58. The summed E-state index contributed by atoms with van der Waals surface area (Å²) < 4.78 is 11.3. The van der Waals surface area contributed by atoms with E-state index in [2.05, 4.69) is 24.2 Å². The molecule has 1 aromatic carbocycles. The number of Topliss-reactive ketones (excluding diaryl/α,β-unsaturated/α-hetero) is 1. The van der Waals surface area contributed by atoms with Crippen molar-refractivity contribution >= 4 is 23.4 Å². The summed E-state index contributed by atoms with van der Waals surface area (Å²) in [5.41, 5.74) is 3.93. The van der Waals surface area contributed by atoms with Crippen LogP contribution in [0.4, 0.5) is 0 Å². The number of benzene rings is 1. The zero-order valence-electron chi connectivity index (χ0n) is 22.0. The van der Waals surface area contributed by atoms with E-state index < -0.39 is 11.9 Å². The van der Waals surface area contributed by atoms with Crippen LogP contribution in [0.2, 0.25) is 5.02 Å². The second-order valence-corrected chi connectivity index (χ2v) is 10.7. The second-order valence-electron chi connectivity index (χ2n) is 10.3. The van der Waals surface area contributed by atoms with Crippen LogP contribution in [-0.2, 0) is 22.4 Å². The first-order chi connectivity index (χ1) is 17.2. The second kappa shape index (κ2) is 13.2. The van der Waals surface area contributed by atoms with E-state index in [4.69, 9.17) is 20.6 Å². The van der Waals surface area contributed by atoms with Crippen molar-refractivity contribution in [1.29, 1.82) is 0 Å². The largest absolute Gasteiger partial charge is 1.00 e. The van der Waals surface area contributed by atoms with E-state index >= 15 is 0 Å². The Kier molecular flexibility index (Phi) is 10.6. The van der Waals surface area contributed by atoms with Gasteiger partial charge in [0.2, 0.25) is 0 Å². The summed E-state index contributed by atoms with van der Waals surface area (Å²) in [6, 6.07) is 7.50. The quantitative estimate of drug-likeness (QED) is 0.310. The fourth-order valence-corrected chi connectivity index (χ4v) is 4.81. The fourth-order valence-electron chi connectivity index (χ4n) is 4.51. The molecule has 0 spiro atoms. The number of nitrogens with zero attached hydrogens (tertiary/aromatic N) is 2. The van der Waals surface area contributed by atoms with Crippen LogP contribution < -0.4 is 34.7 Å². The summed E-state index contributed by atoms with van der Waals surface area (Å²) in [5, 5.41) is 20.4. The molecule has 192 valence electrons. The monoisotopic (exact) mass is 534 g/mol. The molecule has 0 aliphatic heterocycles. The number of carbonyl (C=O) groups is 2. The zero-order valence-corrected chi connectivity index (χ0v) is 24.8. The molecule has 1 aliphatic carbocycles. The van der Waals surface area contributed by atoms with Crippen LogP contribution in [0.15, 0.2) is 33.3 Å². The fraction of sp³-hybridized carbons (Fsp3) is 0.500. The Labute approximate surface area is 244 Å². The number of carbonyl (C=O) groups excluding carboxylic acids is 2. The minimum Gasteiger partial charge on any atom is -0.550 e. The number of hydrogen-bond acceptors (Lipinski definition) is 7. The van der Waals surface area contributed by atoms with Crippen LogP contribution in [0, 0.1) is 12.8 Å². The van der Waals surface area contributed by atoms with Gasteiger partial charge >= 0.3 is 29.6 Å². The molecule has 1 saturated carbocycles. The Morgan fingerprint density at radius 2 is 1.89 bits per heavy atom. The topological polar surface area (TPSA) is 109 Å². The van der Waals surface area contributed by atoms with Gasteiger partial charge in [0.05, 0.1) is 5.69 Å². The van der Waals surface area contributed by atoms with Crippen molar-refractivity contribution in [2.75, 3.05) is 0 Å². The summed E-state index contributed by atoms with van der Waals surface area (Å²) >= 11 is 6.34. The molecule has 0 unspecified atom stereocenters. The molecule has 1 aliphatic rings. The number of rotatable bonds is 13. The van der Waals surface area contributed by atoms with Crippen molar-refractivity contribution in [3.05, 3.63) is 57.4 Å². The summed E-state index contributed by atoms with van der Waals surface area (Å²) in [6.07, 6.45) is 4.13. The van der Waals surface area contributed by atoms with Crippen molar-refractivity contribution in [1.82, 2.24) is 10.3 Å². The zero-order chi connectivity index (χ0) is 25.8. The number of hydrogen-bond donors (Lipinski definition) is 0. The molecule has 0 bridgehead atoms. The summed E-state index contributed by atoms with van der Waals surface area (Å²) in [5.74, 6) is 0.555. The van der Waals surface area contributed by atoms with Crippen LogP contribution in [-0.4, -0.2) is 22.1 Å². The summed E-state index contributed by atoms with van der Waals surface area (Å²) in [7, 11) is 0. The molecule has 1 atom stereocenters. The van der Waals surface area contributed by atoms with Gasteiger partial charge in [-0.05, 0) is 68.1 Å². The number of carboxylic acids is 1. The molecule has 2 aromatic heterocycles. The summed E-state index contributed by atoms with van der Waals surface area (Å²) in [6.45, 7) is 6.26. The van der Waals surface area contributed by atoms with Crippen molar-refractivity contribution in [2.24, 2.45) is 5.92 Å². The maximum atomic E-state index is 13.1. The molecule has 37 heavy (non-hydrogen) atoms. The van der Waals surface area contributed by atoms with Gasteiger partial charge in [0.15, 0.2) is 11.5 Å². The number of aryl methyl sites for hydroxylation is 2. The third-order valence-electron chi connectivity index (χ3n) is 6.66. The van der Waals surface area contributed by atoms with Crippen molar-refractivity contribution in [3.8, 4) is 11.5 Å². The Balaban J connectivity index is 0.00000380. The minimum atomic E-state index is -1.16. The Hall–Kier alpha value is -1.93. The molecular weight excluding hydrogens is 503 g/mol. The van der Waals surface area contributed by atoms with Crippen molar-refractivity contribution in [2.45, 2.75) is 84.0 Å². The van der Waals surface area contributed by atoms with Crippen LogP contribution in [0.1, 0.15) is 92.4 Å². The van der Waals surface area contributed by atoms with E-state index in [0.29, 0.717) is 28.1 Å². The van der Waals surface area contributed by atoms with Gasteiger partial charge in [0.1, 0.15) is 11.5 Å². The molecule has 0 N–H and O–H groups in total. The first-order valence-corrected chi connectivity index (χ1v) is 13.0. The van der Waals surface area contributed by atoms with E-state index in [1.165, 1.54) is 0 Å². The number of carboxylic acid groups (broad SMARTS) is 1. The van der Waals surface area contributed by atoms with E-state index in [0.717, 1.165) is 48.1 Å². The van der Waals surface area contributed by atoms with E-state index in [9.17, 15) is 14.7 Å². The average Bonchev–Trinajstić information content (AvgIpc) is 3.37. The molecular formula is C28H32ClN2NaO5. The van der Waals surface area contributed by atoms with Gasteiger partial charge in [-0.2, -0.15) is 0 Å². The Bertz CT molecular complexity index is 1230. The van der Waals surface area contributed by atoms with Gasteiger partial charge < -0.3 is 18.9 Å². The molecule has 0 saturated heterocycles. The smallest absolute Gasteiger partial charge is 0.550 e. The van der Waals surface area contributed by atoms with E-state index in [1.54, 1.807) is 0 Å². The SMILES string of the molecule is Cc1ccc(CC(=O)C[C@H](CCC(=O)[O-])c2noc(-c3cc(CCC(C)C)on3)c2C2CC2)c(Cl)c1.[Na+]. The Morgan fingerprint density at radius 1 is 1.14 bits per heavy atom. The number of ketones is 1. The average molecular weight is 535 g/mol. The third-order valence-corrected chi connectivity index (χ3v) is 7.01. The number of halogens is 1. The molecule has 0 radical (unpaired) electrons. The summed E-state index contributed by atoms with van der Waals surface area (Å²) in [4.78, 5) is 24.4. The number of aliphatic carboxylic acids is 1. The van der Waals surface area contributed by atoms with Gasteiger partial charge in [0.25, 0.3) is 0 Å². The first kappa shape index (κ1) is 29.6. The standard InChI is InChI=1S/C28H33ClN2O5.Na/c1-16(2)4-10-22-15-24(30-35-22)28-26(18-7-8-18)27(31-36-28)20(9-11-25(33)34)14-21(32)13-19-6-5-17(3)12-23(19)29;/h5-6,12,15-16,18,20H,4,7-11,13-14H2,1-3H3,(H,33,34);/q;+1/p-1/t20-;/m0./s1. The van der Waals surface area contributed by atoms with Gasteiger partial charge in [-0.1, -0.05) is 47.9 Å². The van der Waals surface area contributed by atoms with Gasteiger partial charge in [-0.15, -0.1) is 0 Å². The molecule has 4 rings (SSSR count). The van der Waals surface area contributed by atoms with Crippen molar-refractivity contribution < 1.29 is 53.3 Å². The molecule has 9 heteroatoms. The van der Waals surface area contributed by atoms with Crippen molar-refractivity contribution in [3.63, 3.8) is 0 Å². The number of aromatic nitrogens is 2. The van der Waals surface area contributed by atoms with Crippen LogP contribution in [0.5, 0.6) is 0 Å². The molecule has 2 heterocycles. The normalized spacial score (nSPS) is 14.0. The molecule has 1 fully saturated rings. The Morgan fingerprint density at radius 3 is 2.54 bits per heavy atom. The van der Waals surface area contributed by atoms with Gasteiger partial charge in [-0.3, -0.25) is 4.79 Å². The molecule has 0 amide bonds. The molecule has 7 nitrogen and oxygen atoms in total. The molecule has 3 aromatic rings. The first-order valence-electron chi connectivity index (χ1n) is 12.6. The third kappa shape index (κ3) is 8.03. The van der Waals surface area contributed by atoms with Crippen LogP contribution in [0.3, 0.4) is 0 Å². The van der Waals surface area contributed by atoms with E-state index in [-0.39, 0.29) is 66.9 Å².